The lowest BCUT2D eigenvalue weighted by Gasteiger charge is -2.24. The van der Waals surface area contributed by atoms with Crippen LogP contribution in [0.1, 0.15) is 43.5 Å². The summed E-state index contributed by atoms with van der Waals surface area (Å²) in [5, 5.41) is 4.66. The van der Waals surface area contributed by atoms with Crippen molar-refractivity contribution in [3.63, 3.8) is 0 Å². The molecular weight excluding hydrogens is 308 g/mol. The molecule has 0 aromatic heterocycles. The van der Waals surface area contributed by atoms with Crippen molar-refractivity contribution >= 4 is 23.2 Å². The highest BCUT2D eigenvalue weighted by atomic mass is 35.5. The Morgan fingerprint density at radius 1 is 1.10 bits per heavy atom. The van der Waals surface area contributed by atoms with Gasteiger partial charge in [0.1, 0.15) is 5.82 Å². The molecule has 0 saturated heterocycles. The van der Waals surface area contributed by atoms with Crippen molar-refractivity contribution in [2.75, 3.05) is 0 Å². The maximum atomic E-state index is 13.9. The normalized spacial score (nSPS) is 14.0. The molecule has 0 fully saturated rings. The third-order valence-electron chi connectivity index (χ3n) is 3.57. The van der Waals surface area contributed by atoms with E-state index in [2.05, 4.69) is 5.32 Å². The molecule has 0 heterocycles. The molecule has 0 amide bonds. The number of nitrogens with one attached hydrogen (secondary N) is 1. The van der Waals surface area contributed by atoms with Crippen LogP contribution in [-0.4, -0.2) is 0 Å². The molecule has 4 heteroatoms. The summed E-state index contributed by atoms with van der Waals surface area (Å²) >= 11 is 12.1. The van der Waals surface area contributed by atoms with Crippen molar-refractivity contribution in [1.29, 1.82) is 0 Å². The molecule has 1 nitrogen and oxygen atoms in total. The van der Waals surface area contributed by atoms with Gasteiger partial charge >= 0.3 is 0 Å². The molecule has 1 N–H and O–H groups in total. The zero-order valence-corrected chi connectivity index (χ0v) is 13.5. The Bertz CT molecular complexity index is 615. The summed E-state index contributed by atoms with van der Waals surface area (Å²) in [5.74, 6) is -0.189. The van der Waals surface area contributed by atoms with E-state index in [-0.39, 0.29) is 17.9 Å². The second-order valence-electron chi connectivity index (χ2n) is 5.04. The largest absolute Gasteiger partial charge is 0.303 e. The quantitative estimate of drug-likeness (QED) is 0.717. The monoisotopic (exact) mass is 325 g/mol. The van der Waals surface area contributed by atoms with Crippen molar-refractivity contribution in [3.8, 4) is 0 Å². The summed E-state index contributed by atoms with van der Waals surface area (Å²) in [6, 6.07) is 12.2. The first-order chi connectivity index (χ1) is 10.0. The van der Waals surface area contributed by atoms with Gasteiger partial charge in [0.05, 0.1) is 0 Å². The minimum atomic E-state index is -0.189. The summed E-state index contributed by atoms with van der Waals surface area (Å²) in [6.45, 7) is 4.04. The Balaban J connectivity index is 2.20. The average Bonchev–Trinajstić information content (AvgIpc) is 2.45. The second kappa shape index (κ2) is 7.26. The fourth-order valence-corrected chi connectivity index (χ4v) is 3.00. The summed E-state index contributed by atoms with van der Waals surface area (Å²) < 4.78 is 13.9. The van der Waals surface area contributed by atoms with Gasteiger partial charge in [-0.25, -0.2) is 4.39 Å². The Kier molecular flexibility index (Phi) is 5.63. The van der Waals surface area contributed by atoms with Gasteiger partial charge in [-0.05, 0) is 37.1 Å². The first kappa shape index (κ1) is 16.3. The summed E-state index contributed by atoms with van der Waals surface area (Å²) in [5.41, 5.74) is 1.63. The van der Waals surface area contributed by atoms with Crippen LogP contribution in [0.15, 0.2) is 42.5 Å². The van der Waals surface area contributed by atoms with E-state index >= 15 is 0 Å². The van der Waals surface area contributed by atoms with Crippen LogP contribution in [0.2, 0.25) is 10.0 Å². The van der Waals surface area contributed by atoms with Gasteiger partial charge < -0.3 is 5.32 Å². The van der Waals surface area contributed by atoms with Crippen LogP contribution < -0.4 is 5.32 Å². The molecule has 0 aliphatic carbocycles. The molecule has 0 spiro atoms. The molecule has 0 aliphatic rings. The lowest BCUT2D eigenvalue weighted by atomic mass is 10.0. The van der Waals surface area contributed by atoms with Crippen LogP contribution in [0.5, 0.6) is 0 Å². The smallest absolute Gasteiger partial charge is 0.127 e. The Morgan fingerprint density at radius 2 is 1.81 bits per heavy atom. The average molecular weight is 326 g/mol. The standard InChI is InChI=1S/C17H18Cl2FN/c1-3-17(14-6-4-5-7-16(14)20)21-11(2)13-9-8-12(18)10-15(13)19/h4-11,17,21H,3H2,1-2H3. The van der Waals surface area contributed by atoms with Gasteiger partial charge in [-0.3, -0.25) is 0 Å². The Morgan fingerprint density at radius 3 is 2.43 bits per heavy atom. The zero-order valence-electron chi connectivity index (χ0n) is 12.0. The lowest BCUT2D eigenvalue weighted by molar-refractivity contribution is 0.439. The first-order valence-electron chi connectivity index (χ1n) is 6.98. The van der Waals surface area contributed by atoms with Crippen molar-refractivity contribution < 1.29 is 4.39 Å². The fraction of sp³-hybridized carbons (Fsp3) is 0.294. The number of rotatable bonds is 5. The highest BCUT2D eigenvalue weighted by molar-refractivity contribution is 6.35. The van der Waals surface area contributed by atoms with Crippen LogP contribution in [0, 0.1) is 5.82 Å². The molecule has 0 radical (unpaired) electrons. The van der Waals surface area contributed by atoms with E-state index in [4.69, 9.17) is 23.2 Å². The number of benzene rings is 2. The topological polar surface area (TPSA) is 12.0 Å². The number of halogens is 3. The van der Waals surface area contributed by atoms with Crippen molar-refractivity contribution in [3.05, 3.63) is 69.5 Å². The molecule has 112 valence electrons. The molecule has 0 saturated carbocycles. The van der Waals surface area contributed by atoms with Crippen LogP contribution in [0.3, 0.4) is 0 Å². The van der Waals surface area contributed by atoms with Gasteiger partial charge in [0.2, 0.25) is 0 Å². The molecule has 2 unspecified atom stereocenters. The van der Waals surface area contributed by atoms with Crippen molar-refractivity contribution in [2.45, 2.75) is 32.4 Å². The predicted molar refractivity (Wildman–Crippen MR) is 87.4 cm³/mol. The van der Waals surface area contributed by atoms with E-state index < -0.39 is 0 Å². The molecular formula is C17H18Cl2FN. The van der Waals surface area contributed by atoms with Crippen molar-refractivity contribution in [1.82, 2.24) is 5.32 Å². The molecule has 2 aromatic carbocycles. The highest BCUT2D eigenvalue weighted by Crippen LogP contribution is 2.29. The zero-order chi connectivity index (χ0) is 15.4. The third-order valence-corrected chi connectivity index (χ3v) is 4.13. The van der Waals surface area contributed by atoms with Crippen LogP contribution in [0.4, 0.5) is 4.39 Å². The van der Waals surface area contributed by atoms with E-state index in [1.807, 2.05) is 38.1 Å². The second-order valence-corrected chi connectivity index (χ2v) is 5.88. The number of hydrogen-bond donors (Lipinski definition) is 1. The summed E-state index contributed by atoms with van der Waals surface area (Å²) in [7, 11) is 0. The minimum absolute atomic E-state index is 0.000627. The van der Waals surface area contributed by atoms with E-state index in [0.717, 1.165) is 12.0 Å². The molecule has 2 atom stereocenters. The first-order valence-corrected chi connectivity index (χ1v) is 7.74. The molecule has 0 aliphatic heterocycles. The van der Waals surface area contributed by atoms with Gasteiger partial charge in [0.15, 0.2) is 0 Å². The maximum Gasteiger partial charge on any atom is 0.127 e. The number of hydrogen-bond acceptors (Lipinski definition) is 1. The van der Waals surface area contributed by atoms with E-state index in [1.165, 1.54) is 6.07 Å². The van der Waals surface area contributed by atoms with Gasteiger partial charge in [0.25, 0.3) is 0 Å². The highest BCUT2D eigenvalue weighted by Gasteiger charge is 2.18. The van der Waals surface area contributed by atoms with Gasteiger partial charge in [-0.2, -0.15) is 0 Å². The fourth-order valence-electron chi connectivity index (χ4n) is 2.43. The van der Waals surface area contributed by atoms with Crippen LogP contribution in [0.25, 0.3) is 0 Å². The SMILES string of the molecule is CCC(NC(C)c1ccc(Cl)cc1Cl)c1ccccc1F. The van der Waals surface area contributed by atoms with Crippen LogP contribution in [-0.2, 0) is 0 Å². The van der Waals surface area contributed by atoms with E-state index in [0.29, 0.717) is 15.6 Å². The van der Waals surface area contributed by atoms with Crippen molar-refractivity contribution in [2.24, 2.45) is 0 Å². The van der Waals surface area contributed by atoms with E-state index in [9.17, 15) is 4.39 Å². The Hall–Kier alpha value is -1.09. The molecule has 21 heavy (non-hydrogen) atoms. The van der Waals surface area contributed by atoms with Gasteiger partial charge in [-0.1, -0.05) is 54.4 Å². The van der Waals surface area contributed by atoms with Crippen LogP contribution >= 0.6 is 23.2 Å². The minimum Gasteiger partial charge on any atom is -0.303 e. The van der Waals surface area contributed by atoms with Gasteiger partial charge in [-0.15, -0.1) is 0 Å². The van der Waals surface area contributed by atoms with Gasteiger partial charge in [0, 0.05) is 27.7 Å². The maximum absolute atomic E-state index is 13.9. The molecule has 2 aromatic rings. The summed E-state index contributed by atoms with van der Waals surface area (Å²) in [6.07, 6.45) is 0.788. The van der Waals surface area contributed by atoms with E-state index in [1.54, 1.807) is 12.1 Å². The third kappa shape index (κ3) is 3.97. The summed E-state index contributed by atoms with van der Waals surface area (Å²) in [4.78, 5) is 0. The lowest BCUT2D eigenvalue weighted by Crippen LogP contribution is -2.25. The predicted octanol–water partition coefficient (Wildman–Crippen LogP) is 5.93. The molecule has 0 bridgehead atoms. The Labute approximate surface area is 135 Å². The molecule has 2 rings (SSSR count).